The fourth-order valence-electron chi connectivity index (χ4n) is 3.01. The Morgan fingerprint density at radius 1 is 1.27 bits per heavy atom. The molecule has 0 aromatic rings. The zero-order valence-corrected chi connectivity index (χ0v) is 11.0. The van der Waals surface area contributed by atoms with Gasteiger partial charge in [0.15, 0.2) is 0 Å². The number of hydrogen-bond donors (Lipinski definition) is 1. The van der Waals surface area contributed by atoms with Gasteiger partial charge in [-0.1, -0.05) is 13.8 Å². The Morgan fingerprint density at radius 3 is 2.40 bits per heavy atom. The lowest BCUT2D eigenvalue weighted by Crippen LogP contribution is -2.51. The quantitative estimate of drug-likeness (QED) is 0.779. The van der Waals surface area contributed by atoms with Crippen LogP contribution in [0.2, 0.25) is 0 Å². The summed E-state index contributed by atoms with van der Waals surface area (Å²) in [7, 11) is 0. The highest BCUT2D eigenvalue weighted by Gasteiger charge is 2.31. The van der Waals surface area contributed by atoms with Crippen LogP contribution in [0.15, 0.2) is 0 Å². The highest BCUT2D eigenvalue weighted by Crippen LogP contribution is 2.29. The van der Waals surface area contributed by atoms with Crippen LogP contribution >= 0.6 is 0 Å². The molecule has 5 atom stereocenters. The van der Waals surface area contributed by atoms with Gasteiger partial charge in [0.05, 0.1) is 0 Å². The third-order valence-electron chi connectivity index (χ3n) is 3.92. The normalized spacial score (nSPS) is 37.6. The zero-order chi connectivity index (χ0) is 11.6. The summed E-state index contributed by atoms with van der Waals surface area (Å²) >= 11 is 0. The van der Waals surface area contributed by atoms with Crippen LogP contribution in [0.25, 0.3) is 0 Å². The molecule has 2 N–H and O–H groups in total. The minimum Gasteiger partial charge on any atom is -0.328 e. The maximum Gasteiger partial charge on any atom is 0.00956 e. The molecule has 2 nitrogen and oxygen atoms in total. The number of rotatable bonds is 3. The van der Waals surface area contributed by atoms with E-state index < -0.39 is 0 Å². The highest BCUT2D eigenvalue weighted by atomic mass is 15.2. The monoisotopic (exact) mass is 212 g/mol. The zero-order valence-electron chi connectivity index (χ0n) is 11.0. The van der Waals surface area contributed by atoms with Crippen molar-refractivity contribution in [3.63, 3.8) is 0 Å². The second-order valence-corrected chi connectivity index (χ2v) is 5.82. The van der Waals surface area contributed by atoms with Crippen molar-refractivity contribution in [2.75, 3.05) is 6.54 Å². The third kappa shape index (κ3) is 3.46. The predicted molar refractivity (Wildman–Crippen MR) is 66.8 cm³/mol. The van der Waals surface area contributed by atoms with Gasteiger partial charge in [0.2, 0.25) is 0 Å². The number of nitrogens with zero attached hydrogens (tertiary/aromatic N) is 1. The molecule has 2 heteroatoms. The van der Waals surface area contributed by atoms with Crippen LogP contribution in [0.1, 0.15) is 47.5 Å². The summed E-state index contributed by atoms with van der Waals surface area (Å²) in [5.74, 6) is 1.66. The van der Waals surface area contributed by atoms with Crippen molar-refractivity contribution in [1.29, 1.82) is 0 Å². The fraction of sp³-hybridized carbons (Fsp3) is 1.00. The lowest BCUT2D eigenvalue weighted by Gasteiger charge is -2.44. The molecule has 1 saturated heterocycles. The highest BCUT2D eigenvalue weighted by molar-refractivity contribution is 4.85. The molecule has 0 aliphatic carbocycles. The van der Waals surface area contributed by atoms with Crippen LogP contribution < -0.4 is 5.73 Å². The van der Waals surface area contributed by atoms with E-state index in [0.717, 1.165) is 24.3 Å². The van der Waals surface area contributed by atoms with Crippen LogP contribution in [-0.2, 0) is 0 Å². The number of likely N-dealkylation sites (tertiary alicyclic amines) is 1. The Labute approximate surface area is 95.2 Å². The van der Waals surface area contributed by atoms with Crippen LogP contribution in [0.3, 0.4) is 0 Å². The van der Waals surface area contributed by atoms with Crippen molar-refractivity contribution in [2.45, 2.75) is 65.6 Å². The first-order valence-corrected chi connectivity index (χ1v) is 6.43. The molecule has 0 saturated carbocycles. The van der Waals surface area contributed by atoms with Crippen LogP contribution in [0, 0.1) is 11.8 Å². The first kappa shape index (κ1) is 13.0. The van der Waals surface area contributed by atoms with E-state index in [1.165, 1.54) is 13.0 Å². The summed E-state index contributed by atoms with van der Waals surface area (Å²) in [5.41, 5.74) is 5.89. The van der Waals surface area contributed by atoms with E-state index in [-0.39, 0.29) is 0 Å². The van der Waals surface area contributed by atoms with Gasteiger partial charge in [0.1, 0.15) is 0 Å². The number of nitrogens with two attached hydrogens (primary N) is 1. The van der Waals surface area contributed by atoms with Gasteiger partial charge < -0.3 is 5.73 Å². The van der Waals surface area contributed by atoms with Crippen molar-refractivity contribution >= 4 is 0 Å². The fourth-order valence-corrected chi connectivity index (χ4v) is 3.01. The maximum atomic E-state index is 5.89. The molecule has 1 aliphatic heterocycles. The summed E-state index contributed by atoms with van der Waals surface area (Å²) in [6, 6.07) is 1.67. The third-order valence-corrected chi connectivity index (χ3v) is 3.92. The summed E-state index contributed by atoms with van der Waals surface area (Å²) in [4.78, 5) is 2.65. The minimum absolute atomic E-state index is 0.319. The van der Waals surface area contributed by atoms with Gasteiger partial charge in [-0.05, 0) is 45.4 Å². The molecular formula is C13H28N2. The molecule has 1 rings (SSSR count). The molecule has 90 valence electrons. The Balaban J connectivity index is 2.57. The molecular weight excluding hydrogens is 184 g/mol. The Bertz CT molecular complexity index is 191. The summed E-state index contributed by atoms with van der Waals surface area (Å²) in [5, 5.41) is 0. The van der Waals surface area contributed by atoms with Gasteiger partial charge in [-0.3, -0.25) is 4.90 Å². The molecule has 0 spiro atoms. The molecule has 0 bridgehead atoms. The Hall–Kier alpha value is -0.0800. The Kier molecular flexibility index (Phi) is 4.60. The molecule has 1 fully saturated rings. The maximum absolute atomic E-state index is 5.89. The predicted octanol–water partition coefficient (Wildman–Crippen LogP) is 2.48. The van der Waals surface area contributed by atoms with Crippen LogP contribution in [0.5, 0.6) is 0 Å². The van der Waals surface area contributed by atoms with Crippen molar-refractivity contribution in [1.82, 2.24) is 4.90 Å². The molecule has 0 aromatic carbocycles. The number of hydrogen-bond acceptors (Lipinski definition) is 2. The lowest BCUT2D eigenvalue weighted by atomic mass is 9.84. The second-order valence-electron chi connectivity index (χ2n) is 5.82. The average molecular weight is 212 g/mol. The van der Waals surface area contributed by atoms with E-state index in [1.54, 1.807) is 0 Å². The molecule has 0 amide bonds. The molecule has 15 heavy (non-hydrogen) atoms. The Morgan fingerprint density at radius 2 is 1.87 bits per heavy atom. The van der Waals surface area contributed by atoms with Gasteiger partial charge in [-0.15, -0.1) is 0 Å². The van der Waals surface area contributed by atoms with E-state index >= 15 is 0 Å². The molecule has 1 aliphatic rings. The van der Waals surface area contributed by atoms with Crippen LogP contribution in [0.4, 0.5) is 0 Å². The van der Waals surface area contributed by atoms with Gasteiger partial charge in [0.25, 0.3) is 0 Å². The summed E-state index contributed by atoms with van der Waals surface area (Å²) in [6.07, 6.45) is 2.49. The largest absolute Gasteiger partial charge is 0.328 e. The smallest absolute Gasteiger partial charge is 0.00956 e. The van der Waals surface area contributed by atoms with E-state index in [4.69, 9.17) is 5.73 Å². The molecule has 0 radical (unpaired) electrons. The average Bonchev–Trinajstić information content (AvgIpc) is 2.09. The minimum atomic E-state index is 0.319. The van der Waals surface area contributed by atoms with E-state index in [1.807, 2.05) is 0 Å². The SMILES string of the molecule is CC(N)CC(C)N1CC(C)CC(C)C1C. The van der Waals surface area contributed by atoms with Crippen molar-refractivity contribution in [2.24, 2.45) is 17.6 Å². The lowest BCUT2D eigenvalue weighted by molar-refractivity contribution is 0.0417. The topological polar surface area (TPSA) is 29.3 Å². The molecule has 1 heterocycles. The molecule has 5 unspecified atom stereocenters. The summed E-state index contributed by atoms with van der Waals surface area (Å²) < 4.78 is 0. The standard InChI is InChI=1S/C13H28N2/c1-9-6-10(2)13(5)15(8-9)12(4)7-11(3)14/h9-13H,6-8,14H2,1-5H3. The van der Waals surface area contributed by atoms with Gasteiger partial charge in [0, 0.05) is 24.7 Å². The van der Waals surface area contributed by atoms with Crippen LogP contribution in [-0.4, -0.2) is 29.6 Å². The number of piperidine rings is 1. The second kappa shape index (κ2) is 5.31. The van der Waals surface area contributed by atoms with Crippen molar-refractivity contribution in [3.05, 3.63) is 0 Å². The van der Waals surface area contributed by atoms with Crippen molar-refractivity contribution in [3.8, 4) is 0 Å². The van der Waals surface area contributed by atoms with E-state index in [9.17, 15) is 0 Å². The first-order valence-electron chi connectivity index (χ1n) is 6.43. The van der Waals surface area contributed by atoms with Crippen molar-refractivity contribution < 1.29 is 0 Å². The van der Waals surface area contributed by atoms with Gasteiger partial charge in [-0.2, -0.15) is 0 Å². The molecule has 0 aromatic heterocycles. The van der Waals surface area contributed by atoms with E-state index in [2.05, 4.69) is 39.5 Å². The van der Waals surface area contributed by atoms with E-state index in [0.29, 0.717) is 12.1 Å². The van der Waals surface area contributed by atoms with Gasteiger partial charge in [-0.25, -0.2) is 0 Å². The van der Waals surface area contributed by atoms with Gasteiger partial charge >= 0.3 is 0 Å². The first-order chi connectivity index (χ1) is 6.91. The summed E-state index contributed by atoms with van der Waals surface area (Å²) in [6.45, 7) is 12.8.